The molecule has 0 radical (unpaired) electrons. The molecule has 0 spiro atoms. The molecule has 9 heteroatoms. The third-order valence-electron chi connectivity index (χ3n) is 5.23. The fourth-order valence-corrected chi connectivity index (χ4v) is 4.53. The standard InChI is InChI=1S/C27H22F3N3O2S/c28-27(29,30)21-10-6-7-19(17-21)18-31-26(34)32-22-13-15-23(16-14-22)33-36(35)25-12-5-4-11-24(25)20-8-2-1-3-9-20/h1-17,33H,18H2,(H2,31,32,34). The zero-order chi connectivity index (χ0) is 25.5. The third kappa shape index (κ3) is 6.51. The lowest BCUT2D eigenvalue weighted by atomic mass is 10.1. The van der Waals surface area contributed by atoms with Crippen LogP contribution in [0, 0.1) is 0 Å². The highest BCUT2D eigenvalue weighted by Crippen LogP contribution is 2.30. The molecule has 0 aliphatic rings. The number of carbonyl (C=O) groups excluding carboxylic acids is 1. The number of urea groups is 1. The average molecular weight is 510 g/mol. The maximum atomic E-state index is 13.0. The topological polar surface area (TPSA) is 70.2 Å². The first-order chi connectivity index (χ1) is 17.3. The Balaban J connectivity index is 1.34. The number of amides is 2. The lowest BCUT2D eigenvalue weighted by Crippen LogP contribution is -2.28. The molecule has 0 aromatic heterocycles. The fourth-order valence-electron chi connectivity index (χ4n) is 3.48. The first-order valence-electron chi connectivity index (χ1n) is 10.9. The van der Waals surface area contributed by atoms with Crippen molar-refractivity contribution in [2.75, 3.05) is 10.0 Å². The predicted molar refractivity (Wildman–Crippen MR) is 136 cm³/mol. The van der Waals surface area contributed by atoms with Gasteiger partial charge in [-0.3, -0.25) is 0 Å². The average Bonchev–Trinajstić information content (AvgIpc) is 2.89. The van der Waals surface area contributed by atoms with Crippen LogP contribution in [0.1, 0.15) is 11.1 Å². The van der Waals surface area contributed by atoms with Crippen LogP contribution < -0.4 is 15.4 Å². The second kappa shape index (κ2) is 11.1. The largest absolute Gasteiger partial charge is 0.416 e. The van der Waals surface area contributed by atoms with Gasteiger partial charge in [0.2, 0.25) is 0 Å². The number of alkyl halides is 3. The highest BCUT2D eigenvalue weighted by molar-refractivity contribution is 7.86. The normalized spacial score (nSPS) is 12.0. The van der Waals surface area contributed by atoms with Gasteiger partial charge in [0, 0.05) is 17.9 Å². The second-order valence-corrected chi connectivity index (χ2v) is 9.00. The van der Waals surface area contributed by atoms with Gasteiger partial charge in [0.25, 0.3) is 0 Å². The van der Waals surface area contributed by atoms with Gasteiger partial charge in [-0.2, -0.15) is 13.2 Å². The van der Waals surface area contributed by atoms with Crippen molar-refractivity contribution in [2.45, 2.75) is 17.6 Å². The molecule has 0 aliphatic heterocycles. The number of benzene rings is 4. The van der Waals surface area contributed by atoms with Crippen LogP contribution in [0.4, 0.5) is 29.3 Å². The minimum Gasteiger partial charge on any atom is -0.334 e. The van der Waals surface area contributed by atoms with Crippen molar-refractivity contribution in [3.05, 3.63) is 114 Å². The summed E-state index contributed by atoms with van der Waals surface area (Å²) in [5, 5.41) is 5.16. The molecule has 4 aromatic carbocycles. The molecule has 4 aromatic rings. The van der Waals surface area contributed by atoms with E-state index in [1.807, 2.05) is 48.5 Å². The zero-order valence-electron chi connectivity index (χ0n) is 18.9. The van der Waals surface area contributed by atoms with Crippen LogP contribution in [-0.4, -0.2) is 10.2 Å². The van der Waals surface area contributed by atoms with E-state index in [1.54, 1.807) is 30.3 Å². The van der Waals surface area contributed by atoms with Crippen molar-refractivity contribution in [3.63, 3.8) is 0 Å². The summed E-state index contributed by atoms with van der Waals surface area (Å²) in [7, 11) is -1.53. The maximum absolute atomic E-state index is 13.0. The number of carbonyl (C=O) groups is 1. The zero-order valence-corrected chi connectivity index (χ0v) is 19.7. The summed E-state index contributed by atoms with van der Waals surface area (Å²) in [5.74, 6) is 0. The van der Waals surface area contributed by atoms with Crippen molar-refractivity contribution in [2.24, 2.45) is 0 Å². The molecule has 36 heavy (non-hydrogen) atoms. The van der Waals surface area contributed by atoms with E-state index in [1.165, 1.54) is 12.1 Å². The van der Waals surface area contributed by atoms with Crippen LogP contribution in [0.25, 0.3) is 11.1 Å². The molecular weight excluding hydrogens is 487 g/mol. The number of hydrogen-bond acceptors (Lipinski definition) is 2. The Bertz CT molecular complexity index is 1360. The van der Waals surface area contributed by atoms with E-state index in [4.69, 9.17) is 0 Å². The molecule has 184 valence electrons. The summed E-state index contributed by atoms with van der Waals surface area (Å²) in [6, 6.07) is 27.9. The van der Waals surface area contributed by atoms with Crippen LogP contribution in [-0.2, 0) is 23.7 Å². The number of rotatable bonds is 7. The highest BCUT2D eigenvalue weighted by Gasteiger charge is 2.30. The number of hydrogen-bond donors (Lipinski definition) is 3. The molecule has 0 bridgehead atoms. The molecule has 5 nitrogen and oxygen atoms in total. The van der Waals surface area contributed by atoms with E-state index in [0.717, 1.165) is 23.3 Å². The summed E-state index contributed by atoms with van der Waals surface area (Å²) in [6.45, 7) is -0.0603. The van der Waals surface area contributed by atoms with Crippen molar-refractivity contribution in [1.29, 1.82) is 0 Å². The molecule has 4 rings (SSSR count). The summed E-state index contributed by atoms with van der Waals surface area (Å²) in [5.41, 5.74) is 2.44. The number of anilines is 2. The Labute approximate surface area is 209 Å². The molecule has 3 N–H and O–H groups in total. The highest BCUT2D eigenvalue weighted by atomic mass is 32.2. The van der Waals surface area contributed by atoms with Crippen molar-refractivity contribution in [1.82, 2.24) is 5.32 Å². The smallest absolute Gasteiger partial charge is 0.334 e. The first kappa shape index (κ1) is 25.0. The Morgan fingerprint density at radius 2 is 1.44 bits per heavy atom. The van der Waals surface area contributed by atoms with Crippen LogP contribution in [0.15, 0.2) is 108 Å². The van der Waals surface area contributed by atoms with E-state index >= 15 is 0 Å². The van der Waals surface area contributed by atoms with Crippen LogP contribution in [0.2, 0.25) is 0 Å². The SMILES string of the molecule is O=C(NCc1cccc(C(F)(F)F)c1)Nc1ccc(NS(=O)c2ccccc2-c2ccccc2)cc1. The molecule has 0 fully saturated rings. The van der Waals surface area contributed by atoms with E-state index in [-0.39, 0.29) is 6.54 Å². The summed E-state index contributed by atoms with van der Waals surface area (Å²) in [4.78, 5) is 12.8. The molecule has 1 unspecified atom stereocenters. The molecule has 0 heterocycles. The third-order valence-corrected chi connectivity index (χ3v) is 6.41. The Hall–Kier alpha value is -4.11. The predicted octanol–water partition coefficient (Wildman–Crippen LogP) is 6.83. The fraction of sp³-hybridized carbons (Fsp3) is 0.0741. The molecule has 2 amide bonds. The summed E-state index contributed by atoms with van der Waals surface area (Å²) < 4.78 is 54.5. The monoisotopic (exact) mass is 509 g/mol. The lowest BCUT2D eigenvalue weighted by Gasteiger charge is -2.12. The van der Waals surface area contributed by atoms with Gasteiger partial charge >= 0.3 is 12.2 Å². The van der Waals surface area contributed by atoms with Crippen molar-refractivity contribution in [3.8, 4) is 11.1 Å². The Morgan fingerprint density at radius 3 is 2.17 bits per heavy atom. The summed E-state index contributed by atoms with van der Waals surface area (Å²) >= 11 is 0. The van der Waals surface area contributed by atoms with Crippen LogP contribution in [0.5, 0.6) is 0 Å². The number of halogens is 3. The quantitative estimate of drug-likeness (QED) is 0.256. The van der Waals surface area contributed by atoms with Gasteiger partial charge in [0.05, 0.1) is 10.5 Å². The van der Waals surface area contributed by atoms with Gasteiger partial charge in [-0.1, -0.05) is 60.7 Å². The van der Waals surface area contributed by atoms with Gasteiger partial charge in [-0.25, -0.2) is 9.00 Å². The maximum Gasteiger partial charge on any atom is 0.416 e. The molecule has 0 saturated carbocycles. The van der Waals surface area contributed by atoms with Crippen LogP contribution >= 0.6 is 0 Å². The lowest BCUT2D eigenvalue weighted by molar-refractivity contribution is -0.137. The second-order valence-electron chi connectivity index (χ2n) is 7.82. The van der Waals surface area contributed by atoms with Gasteiger partial charge in [-0.15, -0.1) is 0 Å². The summed E-state index contributed by atoms with van der Waals surface area (Å²) in [6.07, 6.45) is -4.44. The minimum atomic E-state index is -4.44. The molecule has 0 aliphatic carbocycles. The first-order valence-corrected chi connectivity index (χ1v) is 12.1. The van der Waals surface area contributed by atoms with E-state index in [9.17, 15) is 22.2 Å². The van der Waals surface area contributed by atoms with Crippen molar-refractivity contribution < 1.29 is 22.2 Å². The number of nitrogens with one attached hydrogen (secondary N) is 3. The Morgan fingerprint density at radius 1 is 0.778 bits per heavy atom. The molecule has 0 saturated heterocycles. The van der Waals surface area contributed by atoms with Gasteiger partial charge in [0.15, 0.2) is 11.0 Å². The minimum absolute atomic E-state index is 0.0603. The van der Waals surface area contributed by atoms with Gasteiger partial charge < -0.3 is 15.4 Å². The molecule has 1 atom stereocenters. The van der Waals surface area contributed by atoms with E-state index < -0.39 is 28.8 Å². The van der Waals surface area contributed by atoms with Crippen LogP contribution in [0.3, 0.4) is 0 Å². The Kier molecular flexibility index (Phi) is 7.70. The van der Waals surface area contributed by atoms with Gasteiger partial charge in [0.1, 0.15) is 0 Å². The van der Waals surface area contributed by atoms with Crippen molar-refractivity contribution >= 4 is 28.4 Å². The molecular formula is C27H22F3N3O2S. The van der Waals surface area contributed by atoms with E-state index in [2.05, 4.69) is 15.4 Å². The van der Waals surface area contributed by atoms with Gasteiger partial charge in [-0.05, 0) is 59.2 Å². The van der Waals surface area contributed by atoms with E-state index in [0.29, 0.717) is 21.8 Å².